The van der Waals surface area contributed by atoms with E-state index in [0.29, 0.717) is 11.1 Å². The van der Waals surface area contributed by atoms with Crippen LogP contribution in [-0.2, 0) is 0 Å². The van der Waals surface area contributed by atoms with E-state index in [9.17, 15) is 4.79 Å². The fourth-order valence-corrected chi connectivity index (χ4v) is 1.05. The first-order chi connectivity index (χ1) is 6.74. The van der Waals surface area contributed by atoms with Crippen molar-refractivity contribution < 1.29 is 4.79 Å². The third kappa shape index (κ3) is 3.19. The zero-order chi connectivity index (χ0) is 10.4. The predicted octanol–water partition coefficient (Wildman–Crippen LogP) is 1.32. The number of nitrogens with two attached hydrogens (primary N) is 1. The van der Waals surface area contributed by atoms with Gasteiger partial charge in [-0.1, -0.05) is 27.8 Å². The summed E-state index contributed by atoms with van der Waals surface area (Å²) in [7, 11) is 0. The number of pyridine rings is 1. The number of carbonyl (C=O) groups excluding carboxylic acids is 1. The van der Waals surface area contributed by atoms with Crippen molar-refractivity contribution in [3.63, 3.8) is 0 Å². The van der Waals surface area contributed by atoms with Gasteiger partial charge < -0.3 is 5.73 Å². The summed E-state index contributed by atoms with van der Waals surface area (Å²) in [6.07, 6.45) is 3.80. The second-order valence-corrected chi connectivity index (χ2v) is 3.36. The number of hydrogen-bond acceptors (Lipinski definition) is 2. The number of halogens is 1. The highest BCUT2D eigenvalue weighted by molar-refractivity contribution is 9.09. The van der Waals surface area contributed by atoms with Crippen molar-refractivity contribution in [3.05, 3.63) is 29.6 Å². The van der Waals surface area contributed by atoms with Crippen LogP contribution in [0.15, 0.2) is 18.5 Å². The lowest BCUT2D eigenvalue weighted by atomic mass is 10.2. The van der Waals surface area contributed by atoms with Crippen LogP contribution >= 0.6 is 15.9 Å². The lowest BCUT2D eigenvalue weighted by Gasteiger charge is -1.94. The zero-order valence-corrected chi connectivity index (χ0v) is 9.04. The standard InChI is InChI=1S/C10H9BrN2O/c11-4-2-1-3-8-5-9(10(12)14)7-13-6-8/h5-7H,2,4H2,(H2,12,14). The Labute approximate surface area is 90.8 Å². The average molecular weight is 253 g/mol. The summed E-state index contributed by atoms with van der Waals surface area (Å²) < 4.78 is 0. The van der Waals surface area contributed by atoms with Gasteiger partial charge in [-0.15, -0.1) is 0 Å². The SMILES string of the molecule is NC(=O)c1cncc(C#CCCBr)c1. The second-order valence-electron chi connectivity index (χ2n) is 2.57. The number of amides is 1. The lowest BCUT2D eigenvalue weighted by Crippen LogP contribution is -2.11. The zero-order valence-electron chi connectivity index (χ0n) is 7.46. The number of carbonyl (C=O) groups is 1. The fourth-order valence-electron chi connectivity index (χ4n) is 0.855. The Morgan fingerprint density at radius 1 is 1.57 bits per heavy atom. The highest BCUT2D eigenvalue weighted by Gasteiger charge is 1.99. The maximum absolute atomic E-state index is 10.8. The first kappa shape index (κ1) is 10.7. The topological polar surface area (TPSA) is 56.0 Å². The van der Waals surface area contributed by atoms with Crippen LogP contribution in [-0.4, -0.2) is 16.2 Å². The van der Waals surface area contributed by atoms with E-state index in [-0.39, 0.29) is 0 Å². The molecule has 3 nitrogen and oxygen atoms in total. The van der Waals surface area contributed by atoms with Crippen LogP contribution in [0.4, 0.5) is 0 Å². The van der Waals surface area contributed by atoms with Gasteiger partial charge in [0, 0.05) is 29.7 Å². The Kier molecular flexibility index (Phi) is 4.14. The van der Waals surface area contributed by atoms with E-state index in [1.807, 2.05) is 0 Å². The molecule has 0 atom stereocenters. The molecule has 1 aromatic rings. The third-order valence-corrected chi connectivity index (χ3v) is 1.87. The summed E-state index contributed by atoms with van der Waals surface area (Å²) >= 11 is 3.27. The molecule has 72 valence electrons. The largest absolute Gasteiger partial charge is 0.366 e. The summed E-state index contributed by atoms with van der Waals surface area (Å²) in [4.78, 5) is 14.7. The molecule has 0 aliphatic rings. The molecule has 0 fully saturated rings. The van der Waals surface area contributed by atoms with Crippen LogP contribution in [0.2, 0.25) is 0 Å². The molecule has 2 N–H and O–H groups in total. The maximum atomic E-state index is 10.8. The van der Waals surface area contributed by atoms with Crippen LogP contribution in [0.5, 0.6) is 0 Å². The van der Waals surface area contributed by atoms with Crippen molar-refractivity contribution in [1.82, 2.24) is 4.98 Å². The molecule has 0 aliphatic heterocycles. The van der Waals surface area contributed by atoms with Crippen molar-refractivity contribution in [2.45, 2.75) is 6.42 Å². The number of hydrogen-bond donors (Lipinski definition) is 1. The number of alkyl halides is 1. The summed E-state index contributed by atoms with van der Waals surface area (Å²) in [6.45, 7) is 0. The first-order valence-corrected chi connectivity index (χ1v) is 5.16. The Hall–Kier alpha value is -1.34. The van der Waals surface area contributed by atoms with Gasteiger partial charge in [0.25, 0.3) is 0 Å². The molecule has 0 saturated heterocycles. The molecule has 1 rings (SSSR count). The fraction of sp³-hybridized carbons (Fsp3) is 0.200. The van der Waals surface area contributed by atoms with Gasteiger partial charge in [-0.3, -0.25) is 9.78 Å². The van der Waals surface area contributed by atoms with Gasteiger partial charge in [0.2, 0.25) is 5.91 Å². The van der Waals surface area contributed by atoms with E-state index < -0.39 is 5.91 Å². The minimum absolute atomic E-state index is 0.385. The summed E-state index contributed by atoms with van der Waals surface area (Å²) in [5.41, 5.74) is 6.20. The summed E-state index contributed by atoms with van der Waals surface area (Å²) in [5, 5.41) is 0.836. The van der Waals surface area contributed by atoms with Gasteiger partial charge in [-0.2, -0.15) is 0 Å². The van der Waals surface area contributed by atoms with Crippen LogP contribution in [0, 0.1) is 11.8 Å². The monoisotopic (exact) mass is 252 g/mol. The molecule has 0 unspecified atom stereocenters. The molecule has 0 spiro atoms. The molecule has 14 heavy (non-hydrogen) atoms. The Bertz CT molecular complexity index is 393. The second kappa shape index (κ2) is 5.40. The minimum Gasteiger partial charge on any atom is -0.366 e. The van der Waals surface area contributed by atoms with Crippen LogP contribution in [0.25, 0.3) is 0 Å². The molecule has 0 aromatic carbocycles. The van der Waals surface area contributed by atoms with Gasteiger partial charge in [0.1, 0.15) is 0 Å². The number of aromatic nitrogens is 1. The van der Waals surface area contributed by atoms with Crippen LogP contribution in [0.1, 0.15) is 22.3 Å². The highest BCUT2D eigenvalue weighted by atomic mass is 79.9. The minimum atomic E-state index is -0.485. The summed E-state index contributed by atoms with van der Waals surface area (Å²) in [6, 6.07) is 1.64. The highest BCUT2D eigenvalue weighted by Crippen LogP contribution is 2.00. The number of primary amides is 1. The molecule has 0 radical (unpaired) electrons. The number of nitrogens with zero attached hydrogens (tertiary/aromatic N) is 1. The molecule has 1 aromatic heterocycles. The molecule has 0 aliphatic carbocycles. The number of rotatable bonds is 2. The lowest BCUT2D eigenvalue weighted by molar-refractivity contribution is 0.1000. The smallest absolute Gasteiger partial charge is 0.250 e. The molecule has 0 saturated carbocycles. The van der Waals surface area contributed by atoms with Crippen LogP contribution in [0.3, 0.4) is 0 Å². The van der Waals surface area contributed by atoms with Crippen molar-refractivity contribution >= 4 is 21.8 Å². The van der Waals surface area contributed by atoms with Gasteiger partial charge in [-0.05, 0) is 6.07 Å². The molecule has 0 bridgehead atoms. The molecule has 1 heterocycles. The van der Waals surface area contributed by atoms with Crippen molar-refractivity contribution in [1.29, 1.82) is 0 Å². The van der Waals surface area contributed by atoms with E-state index in [4.69, 9.17) is 5.73 Å². The van der Waals surface area contributed by atoms with E-state index in [1.54, 1.807) is 12.3 Å². The first-order valence-electron chi connectivity index (χ1n) is 4.03. The van der Waals surface area contributed by atoms with E-state index in [1.165, 1.54) is 6.20 Å². The van der Waals surface area contributed by atoms with Crippen LogP contribution < -0.4 is 5.73 Å². The van der Waals surface area contributed by atoms with E-state index in [2.05, 4.69) is 32.8 Å². The van der Waals surface area contributed by atoms with Gasteiger partial charge in [0.15, 0.2) is 0 Å². The van der Waals surface area contributed by atoms with Crippen molar-refractivity contribution in [3.8, 4) is 11.8 Å². The van der Waals surface area contributed by atoms with Gasteiger partial charge >= 0.3 is 0 Å². The maximum Gasteiger partial charge on any atom is 0.250 e. The average Bonchev–Trinajstić information content (AvgIpc) is 2.19. The predicted molar refractivity (Wildman–Crippen MR) is 58.0 cm³/mol. The Morgan fingerprint density at radius 3 is 3.00 bits per heavy atom. The molecular formula is C10H9BrN2O. The quantitative estimate of drug-likeness (QED) is 0.638. The van der Waals surface area contributed by atoms with Crippen molar-refractivity contribution in [2.24, 2.45) is 5.73 Å². The molecule has 4 heteroatoms. The van der Waals surface area contributed by atoms with Crippen molar-refractivity contribution in [2.75, 3.05) is 5.33 Å². The normalized spacial score (nSPS) is 8.93. The summed E-state index contributed by atoms with van der Waals surface area (Å²) in [5.74, 6) is 5.33. The van der Waals surface area contributed by atoms with Gasteiger partial charge in [-0.25, -0.2) is 0 Å². The van der Waals surface area contributed by atoms with E-state index >= 15 is 0 Å². The third-order valence-electron chi connectivity index (χ3n) is 1.47. The molecular weight excluding hydrogens is 244 g/mol. The van der Waals surface area contributed by atoms with E-state index in [0.717, 1.165) is 11.8 Å². The Balaban J connectivity index is 2.85. The van der Waals surface area contributed by atoms with Gasteiger partial charge in [0.05, 0.1) is 5.56 Å². The Morgan fingerprint density at radius 2 is 2.36 bits per heavy atom. The molecule has 1 amide bonds.